The van der Waals surface area contributed by atoms with Crippen LogP contribution in [0.1, 0.15) is 69.8 Å². The predicted octanol–water partition coefficient (Wildman–Crippen LogP) is 6.16. The molecule has 6 rings (SSSR count). The fourth-order valence-electron chi connectivity index (χ4n) is 7.27. The Kier molecular flexibility index (Phi) is 4.69. The lowest BCUT2D eigenvalue weighted by molar-refractivity contribution is -0.0179. The number of rotatable bonds is 5. The molecule has 0 aromatic heterocycles. The minimum absolute atomic E-state index is 0.512. The van der Waals surface area contributed by atoms with Gasteiger partial charge in [-0.1, -0.05) is 42.8 Å². The maximum atomic E-state index is 2.70. The van der Waals surface area contributed by atoms with E-state index in [-0.39, 0.29) is 0 Å². The van der Waals surface area contributed by atoms with Crippen molar-refractivity contribution in [1.82, 2.24) is 4.90 Å². The summed E-state index contributed by atoms with van der Waals surface area (Å²) in [5, 5.41) is 0. The average molecular weight is 350 g/mol. The molecule has 5 aliphatic rings. The fraction of sp³-hybridized carbons (Fsp3) is 0.680. The molecule has 1 nitrogen and oxygen atoms in total. The van der Waals surface area contributed by atoms with E-state index in [1.54, 1.807) is 5.57 Å². The van der Waals surface area contributed by atoms with E-state index in [2.05, 4.69) is 41.3 Å². The van der Waals surface area contributed by atoms with Crippen LogP contribution in [0.25, 0.3) is 5.57 Å². The quantitative estimate of drug-likeness (QED) is 0.615. The van der Waals surface area contributed by atoms with Crippen LogP contribution >= 0.6 is 0 Å². The van der Waals surface area contributed by atoms with Crippen molar-refractivity contribution in [3.63, 3.8) is 0 Å². The normalized spacial score (nSPS) is 37.2. The molecule has 0 unspecified atom stereocenters. The van der Waals surface area contributed by atoms with Crippen LogP contribution in [0.3, 0.4) is 0 Å². The minimum Gasteiger partial charge on any atom is -0.303 e. The second-order valence-electron chi connectivity index (χ2n) is 9.87. The highest BCUT2D eigenvalue weighted by molar-refractivity contribution is 5.71. The largest absolute Gasteiger partial charge is 0.303 e. The SMILES string of the molecule is C(/CCN1CCCCC1)=C(/c1ccccc1)C12CC3CC(CC(C3)C1)C2. The van der Waals surface area contributed by atoms with Gasteiger partial charge in [-0.25, -0.2) is 0 Å². The second kappa shape index (κ2) is 7.15. The molecule has 26 heavy (non-hydrogen) atoms. The fourth-order valence-corrected chi connectivity index (χ4v) is 7.27. The number of piperidine rings is 1. The summed E-state index contributed by atoms with van der Waals surface area (Å²) in [5.41, 5.74) is 3.76. The van der Waals surface area contributed by atoms with Crippen molar-refractivity contribution in [3.8, 4) is 0 Å². The van der Waals surface area contributed by atoms with Gasteiger partial charge >= 0.3 is 0 Å². The van der Waals surface area contributed by atoms with E-state index in [0.29, 0.717) is 5.41 Å². The van der Waals surface area contributed by atoms with Crippen LogP contribution in [0.5, 0.6) is 0 Å². The molecule has 1 heterocycles. The van der Waals surface area contributed by atoms with Gasteiger partial charge in [0.25, 0.3) is 0 Å². The van der Waals surface area contributed by atoms with Gasteiger partial charge in [0, 0.05) is 6.54 Å². The molecular formula is C25H35N. The summed E-state index contributed by atoms with van der Waals surface area (Å²) in [6.07, 6.45) is 17.2. The van der Waals surface area contributed by atoms with Crippen molar-refractivity contribution < 1.29 is 0 Å². The first-order chi connectivity index (χ1) is 12.8. The summed E-state index contributed by atoms with van der Waals surface area (Å²) in [5.74, 6) is 3.07. The third-order valence-electron chi connectivity index (χ3n) is 7.94. The summed E-state index contributed by atoms with van der Waals surface area (Å²) in [6, 6.07) is 11.4. The Morgan fingerprint density at radius 2 is 1.50 bits per heavy atom. The first kappa shape index (κ1) is 17.0. The van der Waals surface area contributed by atoms with Crippen molar-refractivity contribution in [2.75, 3.05) is 19.6 Å². The predicted molar refractivity (Wildman–Crippen MR) is 110 cm³/mol. The monoisotopic (exact) mass is 349 g/mol. The van der Waals surface area contributed by atoms with Crippen LogP contribution in [-0.4, -0.2) is 24.5 Å². The van der Waals surface area contributed by atoms with Crippen LogP contribution < -0.4 is 0 Å². The summed E-state index contributed by atoms with van der Waals surface area (Å²) >= 11 is 0. The molecule has 0 N–H and O–H groups in total. The van der Waals surface area contributed by atoms with Crippen LogP contribution in [0.15, 0.2) is 36.4 Å². The second-order valence-corrected chi connectivity index (χ2v) is 9.87. The molecule has 0 amide bonds. The molecule has 140 valence electrons. The number of nitrogens with zero attached hydrogens (tertiary/aromatic N) is 1. The Morgan fingerprint density at radius 3 is 2.12 bits per heavy atom. The molecule has 4 saturated carbocycles. The van der Waals surface area contributed by atoms with E-state index in [1.807, 2.05) is 0 Å². The average Bonchev–Trinajstić information content (AvgIpc) is 2.65. The molecule has 1 aromatic carbocycles. The molecule has 0 spiro atoms. The third kappa shape index (κ3) is 3.28. The lowest BCUT2D eigenvalue weighted by Crippen LogP contribution is -2.46. The van der Waals surface area contributed by atoms with Crippen LogP contribution in [0, 0.1) is 23.2 Å². The Hall–Kier alpha value is -1.08. The highest BCUT2D eigenvalue weighted by atomic mass is 15.1. The van der Waals surface area contributed by atoms with Gasteiger partial charge in [-0.05, 0) is 105 Å². The van der Waals surface area contributed by atoms with E-state index < -0.39 is 0 Å². The third-order valence-corrected chi connectivity index (χ3v) is 7.94. The summed E-state index contributed by atoms with van der Waals surface area (Å²) in [7, 11) is 0. The highest BCUT2D eigenvalue weighted by Gasteiger charge is 2.52. The molecule has 1 saturated heterocycles. The lowest BCUT2D eigenvalue weighted by Gasteiger charge is -2.58. The molecule has 1 heteroatoms. The molecule has 0 atom stereocenters. The smallest absolute Gasteiger partial charge is 0.00161 e. The minimum atomic E-state index is 0.512. The van der Waals surface area contributed by atoms with Crippen LogP contribution in [0.4, 0.5) is 0 Å². The Balaban J connectivity index is 1.40. The molecular weight excluding hydrogens is 314 g/mol. The van der Waals surface area contributed by atoms with Gasteiger partial charge < -0.3 is 4.90 Å². The van der Waals surface area contributed by atoms with Gasteiger partial charge in [0.2, 0.25) is 0 Å². The lowest BCUT2D eigenvalue weighted by atomic mass is 9.47. The van der Waals surface area contributed by atoms with Crippen LogP contribution in [-0.2, 0) is 0 Å². The molecule has 5 fully saturated rings. The summed E-state index contributed by atoms with van der Waals surface area (Å²) in [6.45, 7) is 3.92. The van der Waals surface area contributed by atoms with Gasteiger partial charge in [-0.15, -0.1) is 0 Å². The van der Waals surface area contributed by atoms with Crippen molar-refractivity contribution in [2.45, 2.75) is 64.2 Å². The summed E-state index contributed by atoms with van der Waals surface area (Å²) in [4.78, 5) is 2.70. The highest BCUT2D eigenvalue weighted by Crippen LogP contribution is 2.64. The van der Waals surface area contributed by atoms with Gasteiger partial charge in [0.15, 0.2) is 0 Å². The Morgan fingerprint density at radius 1 is 0.885 bits per heavy atom. The first-order valence-corrected chi connectivity index (χ1v) is 11.3. The standard InChI is InChI=1S/C25H35N/c1-3-8-23(9-4-1)24(10-7-13-26-11-5-2-6-12-26)25-17-20-14-21(18-25)16-22(15-20)19-25/h1,3-4,8-10,20-22H,2,5-7,11-19H2/b24-10+. The zero-order chi connectivity index (χ0) is 17.4. The number of allylic oxidation sites excluding steroid dienone is 1. The van der Waals surface area contributed by atoms with Crippen molar-refractivity contribution in [2.24, 2.45) is 23.2 Å². The van der Waals surface area contributed by atoms with E-state index >= 15 is 0 Å². The Labute approximate surface area is 159 Å². The summed E-state index contributed by atoms with van der Waals surface area (Å²) < 4.78 is 0. The zero-order valence-electron chi connectivity index (χ0n) is 16.3. The molecule has 4 bridgehead atoms. The molecule has 4 aliphatic carbocycles. The van der Waals surface area contributed by atoms with Crippen LogP contribution in [0.2, 0.25) is 0 Å². The molecule has 0 radical (unpaired) electrons. The first-order valence-electron chi connectivity index (χ1n) is 11.3. The maximum Gasteiger partial charge on any atom is 0.00161 e. The maximum absolute atomic E-state index is 2.70. The number of likely N-dealkylation sites (tertiary alicyclic amines) is 1. The zero-order valence-corrected chi connectivity index (χ0v) is 16.3. The topological polar surface area (TPSA) is 3.24 Å². The van der Waals surface area contributed by atoms with Crippen molar-refractivity contribution in [3.05, 3.63) is 42.0 Å². The van der Waals surface area contributed by atoms with Crippen molar-refractivity contribution >= 4 is 5.57 Å². The van der Waals surface area contributed by atoms with E-state index in [9.17, 15) is 0 Å². The van der Waals surface area contributed by atoms with Gasteiger partial charge in [0.05, 0.1) is 0 Å². The van der Waals surface area contributed by atoms with E-state index in [1.165, 1.54) is 89.4 Å². The van der Waals surface area contributed by atoms with Crippen molar-refractivity contribution in [1.29, 1.82) is 0 Å². The number of benzene rings is 1. The number of hydrogen-bond donors (Lipinski definition) is 0. The van der Waals surface area contributed by atoms with Gasteiger partial charge in [0.1, 0.15) is 0 Å². The van der Waals surface area contributed by atoms with E-state index in [0.717, 1.165) is 17.8 Å². The van der Waals surface area contributed by atoms with Gasteiger partial charge in [-0.3, -0.25) is 0 Å². The molecule has 1 aromatic rings. The van der Waals surface area contributed by atoms with Gasteiger partial charge in [-0.2, -0.15) is 0 Å². The molecule has 1 aliphatic heterocycles. The Bertz CT molecular complexity index is 602. The number of hydrogen-bond acceptors (Lipinski definition) is 1. The van der Waals surface area contributed by atoms with E-state index in [4.69, 9.17) is 0 Å².